The van der Waals surface area contributed by atoms with Gasteiger partial charge in [-0.1, -0.05) is 164 Å². The van der Waals surface area contributed by atoms with Crippen molar-refractivity contribution in [2.45, 2.75) is 0 Å². The van der Waals surface area contributed by atoms with E-state index in [9.17, 15) is 4.79 Å². The van der Waals surface area contributed by atoms with E-state index in [2.05, 4.69) is 175 Å². The Kier molecular flexibility index (Phi) is 6.50. The van der Waals surface area contributed by atoms with Crippen LogP contribution in [0.5, 0.6) is 0 Å². The molecule has 0 spiro atoms. The number of fused-ring (bicyclic) bond motifs is 7. The number of para-hydroxylation sites is 2. The molecule has 0 aliphatic carbocycles. The van der Waals surface area contributed by atoms with E-state index in [0.717, 1.165) is 77.6 Å². The van der Waals surface area contributed by atoms with Gasteiger partial charge in [0.05, 0.1) is 11.2 Å². The molecule has 0 amide bonds. The summed E-state index contributed by atoms with van der Waals surface area (Å²) >= 11 is 0. The molecule has 0 atom stereocenters. The van der Waals surface area contributed by atoms with Crippen LogP contribution in [0.15, 0.2) is 193 Å². The van der Waals surface area contributed by atoms with Crippen LogP contribution in [0.2, 0.25) is 0 Å². The van der Waals surface area contributed by atoms with Crippen molar-refractivity contribution < 1.29 is 0 Å². The zero-order valence-electron chi connectivity index (χ0n) is 28.8. The number of anilines is 3. The fourth-order valence-corrected chi connectivity index (χ4v) is 8.96. The molecule has 0 fully saturated rings. The first-order chi connectivity index (χ1) is 26.3. The summed E-state index contributed by atoms with van der Waals surface area (Å²) in [4.78, 5) is 17.2. The van der Waals surface area contributed by atoms with E-state index in [1.54, 1.807) is 0 Å². The van der Waals surface area contributed by atoms with E-state index in [1.165, 1.54) is 16.6 Å². The summed E-state index contributed by atoms with van der Waals surface area (Å²) in [6, 6.07) is 66.8. The maximum Gasteiger partial charge on any atom is 0.263 e. The highest BCUT2D eigenvalue weighted by Crippen LogP contribution is 2.48. The van der Waals surface area contributed by atoms with E-state index in [0.29, 0.717) is 0 Å². The van der Waals surface area contributed by atoms with Crippen LogP contribution in [-0.4, -0.2) is 11.3 Å². The van der Waals surface area contributed by atoms with E-state index in [-0.39, 0.29) is 12.3 Å². The van der Waals surface area contributed by atoms with Crippen LogP contribution in [0.4, 0.5) is 17.1 Å². The number of hydrogen-bond acceptors (Lipinski definition) is 2. The summed E-state index contributed by atoms with van der Waals surface area (Å²) in [5.74, 6) is 0. The van der Waals surface area contributed by atoms with Crippen LogP contribution in [0.1, 0.15) is 0 Å². The second-order valence-electron chi connectivity index (χ2n) is 14.0. The summed E-state index contributed by atoms with van der Waals surface area (Å²) in [6.45, 7) is -0.0931. The monoisotopic (exact) mass is 674 g/mol. The van der Waals surface area contributed by atoms with Gasteiger partial charge in [0, 0.05) is 39.0 Å². The molecule has 3 heterocycles. The van der Waals surface area contributed by atoms with Gasteiger partial charge in [-0.15, -0.1) is 0 Å². The lowest BCUT2D eigenvalue weighted by Gasteiger charge is -2.42. The van der Waals surface area contributed by atoms with Gasteiger partial charge < -0.3 is 4.90 Å². The second kappa shape index (κ2) is 11.6. The lowest BCUT2D eigenvalue weighted by Crippen LogP contribution is -2.61. The number of hydrogen-bond donors (Lipinski definition) is 0. The van der Waals surface area contributed by atoms with Crippen LogP contribution >= 0.6 is 0 Å². The number of rotatable bonds is 4. The highest BCUT2D eigenvalue weighted by atomic mass is 16.1. The van der Waals surface area contributed by atoms with Crippen molar-refractivity contribution in [1.82, 2.24) is 4.57 Å². The van der Waals surface area contributed by atoms with Crippen LogP contribution in [0, 0.1) is 0 Å². The molecular formula is C49H31BN2O. The molecule has 11 rings (SSSR count). The lowest BCUT2D eigenvalue weighted by atomic mass is 9.33. The maximum absolute atomic E-state index is 14.7. The Balaban J connectivity index is 1.33. The summed E-state index contributed by atoms with van der Waals surface area (Å²) < 4.78 is 1.99. The molecule has 0 radical (unpaired) electrons. The minimum Gasteiger partial charge on any atom is -0.310 e. The van der Waals surface area contributed by atoms with Gasteiger partial charge in [-0.05, 0) is 68.3 Å². The van der Waals surface area contributed by atoms with Crippen molar-refractivity contribution in [3.8, 4) is 39.1 Å². The average Bonchev–Trinajstić information content (AvgIpc) is 3.24. The van der Waals surface area contributed by atoms with Gasteiger partial charge in [0.15, 0.2) is 0 Å². The quantitative estimate of drug-likeness (QED) is 0.137. The highest BCUT2D eigenvalue weighted by molar-refractivity contribution is 7.00. The zero-order valence-corrected chi connectivity index (χ0v) is 28.8. The molecule has 246 valence electrons. The zero-order chi connectivity index (χ0) is 35.0. The van der Waals surface area contributed by atoms with Crippen molar-refractivity contribution in [2.24, 2.45) is 0 Å². The van der Waals surface area contributed by atoms with Gasteiger partial charge in [0.1, 0.15) is 0 Å². The van der Waals surface area contributed by atoms with Crippen LogP contribution in [0.3, 0.4) is 0 Å². The molecule has 8 aromatic carbocycles. The molecule has 2 aliphatic heterocycles. The molecule has 0 N–H and O–H groups in total. The van der Waals surface area contributed by atoms with Crippen molar-refractivity contribution >= 4 is 61.8 Å². The fourth-order valence-electron chi connectivity index (χ4n) is 8.96. The first kappa shape index (κ1) is 29.8. The molecule has 0 saturated heterocycles. The predicted octanol–water partition coefficient (Wildman–Crippen LogP) is 9.76. The van der Waals surface area contributed by atoms with Crippen LogP contribution < -0.4 is 26.8 Å². The molecule has 3 nitrogen and oxygen atoms in total. The first-order valence-electron chi connectivity index (χ1n) is 18.2. The molecular weight excluding hydrogens is 643 g/mol. The summed E-state index contributed by atoms with van der Waals surface area (Å²) in [5.41, 5.74) is 15.7. The number of nitrogens with zero attached hydrogens (tertiary/aromatic N) is 2. The molecule has 0 bridgehead atoms. The second-order valence-corrected chi connectivity index (χ2v) is 14.0. The minimum absolute atomic E-state index is 0.0115. The van der Waals surface area contributed by atoms with Crippen molar-refractivity contribution in [3.05, 3.63) is 198 Å². The van der Waals surface area contributed by atoms with E-state index >= 15 is 0 Å². The minimum atomic E-state index is -0.0931. The SMILES string of the molecule is O=c1c2ccccc2c2ccc3c4c2n1-c1ccccc1B4c1cc(-c2ccccc2)ccc1N3c1c(-c2ccccc2)cccc1-c1ccccc1. The highest BCUT2D eigenvalue weighted by Gasteiger charge is 2.42. The molecule has 53 heavy (non-hydrogen) atoms. The van der Waals surface area contributed by atoms with Gasteiger partial charge in [-0.3, -0.25) is 9.36 Å². The number of benzene rings is 8. The third-order valence-corrected chi connectivity index (χ3v) is 11.2. The lowest BCUT2D eigenvalue weighted by molar-refractivity contribution is 1.07. The molecule has 0 unspecified atom stereocenters. The smallest absolute Gasteiger partial charge is 0.263 e. The van der Waals surface area contributed by atoms with Gasteiger partial charge in [-0.25, -0.2) is 0 Å². The maximum atomic E-state index is 14.7. The van der Waals surface area contributed by atoms with Gasteiger partial charge in [0.25, 0.3) is 12.3 Å². The molecule has 9 aromatic rings. The van der Waals surface area contributed by atoms with Crippen molar-refractivity contribution in [1.29, 1.82) is 0 Å². The van der Waals surface area contributed by atoms with Gasteiger partial charge in [0.2, 0.25) is 0 Å². The first-order valence-corrected chi connectivity index (χ1v) is 18.2. The van der Waals surface area contributed by atoms with Crippen molar-refractivity contribution in [3.63, 3.8) is 0 Å². The third-order valence-electron chi connectivity index (χ3n) is 11.2. The van der Waals surface area contributed by atoms with E-state index in [4.69, 9.17) is 0 Å². The number of aromatic nitrogens is 1. The summed E-state index contributed by atoms with van der Waals surface area (Å²) in [7, 11) is 0. The molecule has 1 aromatic heterocycles. The largest absolute Gasteiger partial charge is 0.310 e. The Bertz CT molecular complexity index is 2920. The van der Waals surface area contributed by atoms with Crippen molar-refractivity contribution in [2.75, 3.05) is 4.90 Å². The summed E-state index contributed by atoms with van der Waals surface area (Å²) in [5, 5.41) is 2.80. The third kappa shape index (κ3) is 4.33. The van der Waals surface area contributed by atoms with Crippen LogP contribution in [0.25, 0.3) is 60.7 Å². The number of pyridine rings is 1. The normalized spacial score (nSPS) is 12.5. The fraction of sp³-hybridized carbons (Fsp3) is 0. The molecule has 4 heteroatoms. The van der Waals surface area contributed by atoms with Gasteiger partial charge >= 0.3 is 0 Å². The Morgan fingerprint density at radius 3 is 1.68 bits per heavy atom. The molecule has 0 saturated carbocycles. The predicted molar refractivity (Wildman–Crippen MR) is 223 cm³/mol. The van der Waals surface area contributed by atoms with E-state index in [1.807, 2.05) is 22.8 Å². The Morgan fingerprint density at radius 1 is 0.396 bits per heavy atom. The Labute approximate surface area is 307 Å². The Morgan fingerprint density at radius 2 is 0.981 bits per heavy atom. The Hall–Kier alpha value is -6.91. The molecule has 2 aliphatic rings. The average molecular weight is 675 g/mol. The van der Waals surface area contributed by atoms with Gasteiger partial charge in [-0.2, -0.15) is 0 Å². The van der Waals surface area contributed by atoms with Crippen LogP contribution in [-0.2, 0) is 0 Å². The standard InChI is InChI=1S/C49H31BN2O/c53-49-40-22-11-10-21-38(40)39-28-30-45-46-48(39)52(49)43-26-13-12-25-41(43)50(46)42-31-35(32-15-4-1-5-16-32)27-29-44(42)51(45)47-36(33-17-6-2-7-18-33)23-14-24-37(47)34-19-8-3-9-20-34/h1-31H. The topological polar surface area (TPSA) is 25.2 Å². The summed E-state index contributed by atoms with van der Waals surface area (Å²) in [6.07, 6.45) is 0. The van der Waals surface area contributed by atoms with E-state index < -0.39 is 0 Å².